The summed E-state index contributed by atoms with van der Waals surface area (Å²) < 4.78 is 90.5. The Hall–Kier alpha value is -10.6. The first-order valence-electron chi connectivity index (χ1n) is 29.0. The maximum Gasteiger partial charge on any atom is 0.297 e. The number of hydrogen-bond acceptors (Lipinski definition) is 30. The molecule has 0 radical (unpaired) electrons. The number of amides is 3. The fourth-order valence-corrected chi connectivity index (χ4v) is 14.1. The van der Waals surface area contributed by atoms with E-state index in [0.29, 0.717) is 60.2 Å². The number of anilines is 8. The topological polar surface area (TPSA) is 484 Å². The molecular formula is C61H63N17O15S5. The second-order valence-corrected chi connectivity index (χ2v) is 25.8. The van der Waals surface area contributed by atoms with Crippen molar-refractivity contribution in [3.05, 3.63) is 110 Å². The number of ether oxygens (including phenoxy) is 3. The van der Waals surface area contributed by atoms with E-state index < -0.39 is 101 Å². The van der Waals surface area contributed by atoms with Crippen LogP contribution in [0.5, 0.6) is 17.2 Å². The largest absolute Gasteiger partial charge is 0.494 e. The lowest BCUT2D eigenvalue weighted by Crippen LogP contribution is -2.22. The van der Waals surface area contributed by atoms with Crippen LogP contribution in [0.4, 0.5) is 67.4 Å². The van der Waals surface area contributed by atoms with Crippen LogP contribution in [-0.4, -0.2) is 135 Å². The number of nitrogens with zero attached hydrogens (tertiary/aromatic N) is 11. The van der Waals surface area contributed by atoms with Gasteiger partial charge in [-0.05, 0) is 96.2 Å². The van der Waals surface area contributed by atoms with Crippen LogP contribution >= 0.6 is 34.4 Å². The Labute approximate surface area is 573 Å². The van der Waals surface area contributed by atoms with E-state index in [9.17, 15) is 65.5 Å². The third kappa shape index (κ3) is 18.3. The number of aliphatic hydroxyl groups is 1. The number of ketones is 2. The average molecular weight is 1430 g/mol. The molecule has 0 aliphatic rings. The molecule has 0 saturated carbocycles. The number of nitriles is 2. The average Bonchev–Trinajstić information content (AvgIpc) is 1.64. The molecule has 0 unspecified atom stereocenters. The molecule has 0 spiro atoms. The number of methoxy groups -OCH3 is 2. The van der Waals surface area contributed by atoms with Crippen molar-refractivity contribution in [2.75, 3.05) is 90.6 Å². The number of carbonyl (C=O) groups is 5. The van der Waals surface area contributed by atoms with E-state index in [1.54, 1.807) is 36.4 Å². The van der Waals surface area contributed by atoms with Gasteiger partial charge in [0.1, 0.15) is 68.4 Å². The number of benzene rings is 4. The van der Waals surface area contributed by atoms with Crippen molar-refractivity contribution in [1.82, 2.24) is 15.0 Å². The molecule has 11 N–H and O–H groups in total. The van der Waals surface area contributed by atoms with Crippen LogP contribution in [0.2, 0.25) is 0 Å². The van der Waals surface area contributed by atoms with Gasteiger partial charge in [-0.25, -0.2) is 0 Å². The molecule has 3 amide bonds. The molecule has 4 aromatic carbocycles. The summed E-state index contributed by atoms with van der Waals surface area (Å²) in [5, 5.41) is 58.9. The van der Waals surface area contributed by atoms with Gasteiger partial charge in [0.2, 0.25) is 17.8 Å². The van der Waals surface area contributed by atoms with Crippen molar-refractivity contribution in [1.29, 1.82) is 10.5 Å². The van der Waals surface area contributed by atoms with E-state index in [4.69, 9.17) is 30.7 Å². The maximum absolute atomic E-state index is 13.6. The van der Waals surface area contributed by atoms with Gasteiger partial charge >= 0.3 is 0 Å². The summed E-state index contributed by atoms with van der Waals surface area (Å²) in [6, 6.07) is 21.1. The van der Waals surface area contributed by atoms with Crippen LogP contribution in [0.1, 0.15) is 72.8 Å². The lowest BCUT2D eigenvalue weighted by atomic mass is 10.1. The second kappa shape index (κ2) is 33.4. The smallest absolute Gasteiger partial charge is 0.297 e. The van der Waals surface area contributed by atoms with Crippen molar-refractivity contribution >= 4 is 164 Å². The summed E-state index contributed by atoms with van der Waals surface area (Å²) in [5.41, 5.74) is 9.69. The number of hydrogen-bond donors (Lipinski definition) is 9. The lowest BCUT2D eigenvalue weighted by molar-refractivity contribution is -0.120. The molecule has 0 bridgehead atoms. The Kier molecular flexibility index (Phi) is 25.5. The van der Waals surface area contributed by atoms with Gasteiger partial charge in [-0.3, -0.25) is 38.8 Å². The molecule has 98 heavy (non-hydrogen) atoms. The fraction of sp³-hybridized carbons (Fsp3) is 0.246. The Morgan fingerprint density at radius 1 is 0.663 bits per heavy atom. The van der Waals surface area contributed by atoms with Crippen molar-refractivity contribution in [3.8, 4) is 29.4 Å². The molecule has 0 aliphatic heterocycles. The molecule has 3 aromatic heterocycles. The van der Waals surface area contributed by atoms with E-state index in [2.05, 4.69) is 51.7 Å². The third-order valence-electron chi connectivity index (χ3n) is 13.8. The molecule has 0 aliphatic carbocycles. The van der Waals surface area contributed by atoms with Gasteiger partial charge in [0.15, 0.2) is 26.7 Å². The van der Waals surface area contributed by atoms with Crippen molar-refractivity contribution in [2.45, 2.75) is 56.5 Å². The Morgan fingerprint density at radius 3 is 1.48 bits per heavy atom. The molecule has 32 nitrogen and oxygen atoms in total. The molecule has 0 saturated heterocycles. The van der Waals surface area contributed by atoms with Crippen LogP contribution in [0.15, 0.2) is 119 Å². The number of primary amides is 1. The molecule has 0 atom stereocenters. The standard InChI is InChI=1S/C61H63N17O15S5/c1-9-77(10-2)46-25-42(44(27-48(46)91-7)73-75-57-40(29-62)52(97(85,86)87)50(95-57)23-38(32(5)80)55(83)66-35-16-13-15-34(21-35)54(65)82)68-59-70-60(72-61(71-59)94-20-19-79)69-43-26-47(78(11-3)12-4)49(92-8)28-45(43)74-76-58-41(30-63)53(98(88,89)90)51(96-58)24-39(33(6)81)56(84)67-36-17-14-18-37(22-36)93-31-64/h13-18,21-28,79H,9-12,19-20,31,64H2,1-8H3,(H2,65,82)(H,66,83)(H,67,84)(H,85,86,87)(H,88,89,90)(H2,68,69,70,71,72)/b38-23-,39-24+,75-73?,76-74?. The quantitative estimate of drug-likeness (QED) is 0.00360. The van der Waals surface area contributed by atoms with Gasteiger partial charge in [0, 0.05) is 67.1 Å². The van der Waals surface area contributed by atoms with E-state index in [1.165, 1.54) is 62.8 Å². The normalized spacial score (nSPS) is 11.8. The zero-order valence-electron chi connectivity index (χ0n) is 53.4. The van der Waals surface area contributed by atoms with Gasteiger partial charge < -0.3 is 56.1 Å². The Balaban J connectivity index is 1.36. The second-order valence-electron chi connectivity index (χ2n) is 20.0. The maximum atomic E-state index is 13.6. The summed E-state index contributed by atoms with van der Waals surface area (Å²) in [6.07, 6.45) is 1.74. The number of thiophene rings is 2. The predicted octanol–water partition coefficient (Wildman–Crippen LogP) is 9.96. The minimum Gasteiger partial charge on any atom is -0.494 e. The first-order valence-corrected chi connectivity index (χ1v) is 34.5. The highest BCUT2D eigenvalue weighted by Crippen LogP contribution is 2.46. The van der Waals surface area contributed by atoms with Gasteiger partial charge in [-0.15, -0.1) is 43.1 Å². The van der Waals surface area contributed by atoms with Crippen molar-refractivity contribution in [3.63, 3.8) is 0 Å². The van der Waals surface area contributed by atoms with Gasteiger partial charge in [0.05, 0.1) is 64.5 Å². The van der Waals surface area contributed by atoms with Crippen LogP contribution in [0, 0.1) is 22.7 Å². The highest BCUT2D eigenvalue weighted by atomic mass is 32.2. The number of aliphatic hydroxyl groups excluding tert-OH is 1. The van der Waals surface area contributed by atoms with Crippen LogP contribution < -0.4 is 56.7 Å². The summed E-state index contributed by atoms with van der Waals surface area (Å²) >= 11 is 2.00. The number of thioether (sulfide) groups is 1. The Bertz CT molecular complexity index is 4710. The van der Waals surface area contributed by atoms with E-state index in [1.807, 2.05) is 37.5 Å². The summed E-state index contributed by atoms with van der Waals surface area (Å²) in [5.74, 6) is -4.00. The number of rotatable bonds is 32. The molecule has 3 heterocycles. The highest BCUT2D eigenvalue weighted by molar-refractivity contribution is 7.99. The molecule has 7 rings (SSSR count). The molecule has 512 valence electrons. The summed E-state index contributed by atoms with van der Waals surface area (Å²) in [7, 11) is -7.79. The number of carbonyl (C=O) groups excluding carboxylic acids is 5. The monoisotopic (exact) mass is 1430 g/mol. The Morgan fingerprint density at radius 2 is 1.10 bits per heavy atom. The first-order chi connectivity index (χ1) is 46.7. The van der Waals surface area contributed by atoms with Crippen LogP contribution in [0.3, 0.4) is 0 Å². The number of nitrogens with two attached hydrogens (primary N) is 2. The number of Topliss-reactive ketones (excluding diaryl/α,β-unsaturated/α-hetero) is 2. The summed E-state index contributed by atoms with van der Waals surface area (Å²) in [4.78, 5) is 80.2. The fourth-order valence-electron chi connectivity index (χ4n) is 9.25. The van der Waals surface area contributed by atoms with Gasteiger partial charge in [-0.1, -0.05) is 23.9 Å². The zero-order chi connectivity index (χ0) is 71.8. The van der Waals surface area contributed by atoms with E-state index >= 15 is 0 Å². The minimum atomic E-state index is -5.31. The first kappa shape index (κ1) is 74.8. The number of aromatic nitrogens is 3. The molecule has 37 heteroatoms. The number of nitrogens with one attached hydrogen (secondary N) is 4. The van der Waals surface area contributed by atoms with E-state index in [-0.39, 0.29) is 93.1 Å². The number of azo groups is 2. The molecule has 7 aromatic rings. The predicted molar refractivity (Wildman–Crippen MR) is 369 cm³/mol. The molecular weight excluding hydrogens is 1370 g/mol. The van der Waals surface area contributed by atoms with Crippen LogP contribution in [-0.2, 0) is 39.4 Å². The minimum absolute atomic E-state index is 0.0227. The van der Waals surface area contributed by atoms with Crippen LogP contribution in [0.25, 0.3) is 12.2 Å². The highest BCUT2D eigenvalue weighted by Gasteiger charge is 2.31. The third-order valence-corrected chi connectivity index (χ3v) is 18.8. The SMILES string of the molecule is CCN(CC)c1cc(Nc2nc(Nc3cc(N(CC)CC)c(OC)cc3N=Nc3sc(/C=C(\C(C)=O)C(=O)Nc4cccc(OCN)c4)c(S(=O)(=O)O)c3C#N)nc(SCCO)n2)c(N=Nc2sc(/C=C(/C(C)=O)C(=O)Nc3cccc(C(N)=O)c3)c(S(=O)(=O)O)c2C#N)cc1OC. The van der Waals surface area contributed by atoms with Crippen molar-refractivity contribution < 1.29 is 69.2 Å². The zero-order valence-corrected chi connectivity index (χ0v) is 57.5. The van der Waals surface area contributed by atoms with Crippen molar-refractivity contribution in [2.24, 2.45) is 31.9 Å². The van der Waals surface area contributed by atoms with Gasteiger partial charge in [0.25, 0.3) is 32.1 Å². The molecule has 0 fully saturated rings. The summed E-state index contributed by atoms with van der Waals surface area (Å²) in [6.45, 7) is 11.0. The van der Waals surface area contributed by atoms with E-state index in [0.717, 1.165) is 37.8 Å². The van der Waals surface area contributed by atoms with Gasteiger partial charge in [-0.2, -0.15) is 42.3 Å². The lowest BCUT2D eigenvalue weighted by Gasteiger charge is -2.25.